The van der Waals surface area contributed by atoms with Crippen molar-refractivity contribution in [3.8, 4) is 0 Å². The standard InChI is InChI=1S/C15H21BrFNO/c1-2-18-15(6-5-14-4-3-7-19-14)11-8-12(16)10-13(17)9-11/h8-10,14-15,18H,2-7H2,1H3. The first kappa shape index (κ1) is 14.9. The van der Waals surface area contributed by atoms with Crippen molar-refractivity contribution in [2.24, 2.45) is 0 Å². The highest BCUT2D eigenvalue weighted by molar-refractivity contribution is 9.10. The molecule has 2 rings (SSSR count). The highest BCUT2D eigenvalue weighted by Crippen LogP contribution is 2.26. The van der Waals surface area contributed by atoms with Gasteiger partial charge < -0.3 is 10.1 Å². The van der Waals surface area contributed by atoms with Gasteiger partial charge in [-0.3, -0.25) is 0 Å². The Kier molecular flexibility index (Phi) is 5.79. The normalized spacial score (nSPS) is 20.7. The zero-order chi connectivity index (χ0) is 13.7. The van der Waals surface area contributed by atoms with Gasteiger partial charge in [0.05, 0.1) is 6.10 Å². The van der Waals surface area contributed by atoms with Gasteiger partial charge in [-0.05, 0) is 56.0 Å². The van der Waals surface area contributed by atoms with Gasteiger partial charge in [0, 0.05) is 17.1 Å². The summed E-state index contributed by atoms with van der Waals surface area (Å²) in [6.45, 7) is 3.85. The zero-order valence-corrected chi connectivity index (χ0v) is 12.9. The van der Waals surface area contributed by atoms with E-state index in [4.69, 9.17) is 4.74 Å². The fourth-order valence-electron chi connectivity index (χ4n) is 2.63. The van der Waals surface area contributed by atoms with Crippen LogP contribution in [0.4, 0.5) is 4.39 Å². The summed E-state index contributed by atoms with van der Waals surface area (Å²) in [5.41, 5.74) is 1.01. The number of hydrogen-bond acceptors (Lipinski definition) is 2. The molecule has 1 N–H and O–H groups in total. The Labute approximate surface area is 122 Å². The largest absolute Gasteiger partial charge is 0.378 e. The number of halogens is 2. The third kappa shape index (κ3) is 4.55. The average molecular weight is 330 g/mol. The highest BCUT2D eigenvalue weighted by atomic mass is 79.9. The van der Waals surface area contributed by atoms with E-state index in [2.05, 4.69) is 28.2 Å². The Balaban J connectivity index is 2.00. The summed E-state index contributed by atoms with van der Waals surface area (Å²) in [5.74, 6) is -0.190. The van der Waals surface area contributed by atoms with Crippen LogP contribution in [0.15, 0.2) is 22.7 Å². The summed E-state index contributed by atoms with van der Waals surface area (Å²) < 4.78 is 19.9. The van der Waals surface area contributed by atoms with Gasteiger partial charge in [0.2, 0.25) is 0 Å². The molecule has 4 heteroatoms. The molecule has 2 atom stereocenters. The monoisotopic (exact) mass is 329 g/mol. The van der Waals surface area contributed by atoms with Crippen LogP contribution in [-0.4, -0.2) is 19.3 Å². The van der Waals surface area contributed by atoms with E-state index >= 15 is 0 Å². The second-order valence-corrected chi connectivity index (χ2v) is 5.94. The van der Waals surface area contributed by atoms with Crippen molar-refractivity contribution in [3.63, 3.8) is 0 Å². The molecule has 106 valence electrons. The van der Waals surface area contributed by atoms with Crippen LogP contribution in [-0.2, 0) is 4.74 Å². The molecule has 0 aromatic heterocycles. The van der Waals surface area contributed by atoms with E-state index in [1.54, 1.807) is 6.07 Å². The molecule has 0 spiro atoms. The Hall–Kier alpha value is -0.450. The van der Waals surface area contributed by atoms with Gasteiger partial charge in [0.1, 0.15) is 5.82 Å². The molecule has 1 saturated heterocycles. The molecule has 1 aliphatic rings. The maximum atomic E-state index is 13.5. The summed E-state index contributed by atoms with van der Waals surface area (Å²) in [5, 5.41) is 3.43. The van der Waals surface area contributed by atoms with E-state index < -0.39 is 0 Å². The van der Waals surface area contributed by atoms with Crippen molar-refractivity contribution in [1.82, 2.24) is 5.32 Å². The van der Waals surface area contributed by atoms with Crippen LogP contribution in [0, 0.1) is 5.82 Å². The van der Waals surface area contributed by atoms with Crippen LogP contribution in [0.5, 0.6) is 0 Å². The van der Waals surface area contributed by atoms with E-state index in [1.807, 2.05) is 6.07 Å². The van der Waals surface area contributed by atoms with E-state index in [9.17, 15) is 4.39 Å². The molecule has 1 heterocycles. The van der Waals surface area contributed by atoms with Crippen LogP contribution in [0.3, 0.4) is 0 Å². The smallest absolute Gasteiger partial charge is 0.124 e. The Morgan fingerprint density at radius 1 is 1.47 bits per heavy atom. The first-order chi connectivity index (χ1) is 9.19. The number of benzene rings is 1. The number of rotatable bonds is 6. The SMILES string of the molecule is CCNC(CCC1CCCO1)c1cc(F)cc(Br)c1. The molecule has 0 amide bonds. The van der Waals surface area contributed by atoms with Crippen LogP contribution in [0.1, 0.15) is 44.2 Å². The minimum atomic E-state index is -0.190. The molecule has 0 radical (unpaired) electrons. The summed E-state index contributed by atoms with van der Waals surface area (Å²) in [6, 6.07) is 5.30. The Bertz CT molecular complexity index is 387. The molecule has 19 heavy (non-hydrogen) atoms. The molecule has 1 aromatic rings. The summed E-state index contributed by atoms with van der Waals surface area (Å²) in [7, 11) is 0. The molecule has 1 fully saturated rings. The van der Waals surface area contributed by atoms with Crippen LogP contribution in [0.2, 0.25) is 0 Å². The van der Waals surface area contributed by atoms with Gasteiger partial charge in [-0.25, -0.2) is 4.39 Å². The molecule has 2 nitrogen and oxygen atoms in total. The molecule has 1 aromatic carbocycles. The molecule has 2 unspecified atom stereocenters. The molecular formula is C15H21BrFNO. The van der Waals surface area contributed by atoms with Gasteiger partial charge in [0.15, 0.2) is 0 Å². The summed E-state index contributed by atoms with van der Waals surface area (Å²) in [4.78, 5) is 0. The van der Waals surface area contributed by atoms with Gasteiger partial charge in [-0.2, -0.15) is 0 Å². The van der Waals surface area contributed by atoms with Crippen LogP contribution >= 0.6 is 15.9 Å². The fraction of sp³-hybridized carbons (Fsp3) is 0.600. The molecular weight excluding hydrogens is 309 g/mol. The molecule has 0 saturated carbocycles. The second kappa shape index (κ2) is 7.36. The Morgan fingerprint density at radius 3 is 2.95 bits per heavy atom. The zero-order valence-electron chi connectivity index (χ0n) is 11.3. The fourth-order valence-corrected chi connectivity index (χ4v) is 3.12. The topological polar surface area (TPSA) is 21.3 Å². The van der Waals surface area contributed by atoms with Gasteiger partial charge >= 0.3 is 0 Å². The number of hydrogen-bond donors (Lipinski definition) is 1. The van der Waals surface area contributed by atoms with E-state index in [-0.39, 0.29) is 11.9 Å². The van der Waals surface area contributed by atoms with E-state index in [0.717, 1.165) is 42.5 Å². The lowest BCUT2D eigenvalue weighted by Crippen LogP contribution is -2.22. The van der Waals surface area contributed by atoms with Crippen molar-refractivity contribution in [1.29, 1.82) is 0 Å². The first-order valence-corrected chi connectivity index (χ1v) is 7.79. The lowest BCUT2D eigenvalue weighted by atomic mass is 9.99. The van der Waals surface area contributed by atoms with Gasteiger partial charge in [0.25, 0.3) is 0 Å². The predicted octanol–water partition coefficient (Wildman–Crippen LogP) is 4.20. The molecule has 0 bridgehead atoms. The van der Waals surface area contributed by atoms with Gasteiger partial charge in [-0.1, -0.05) is 22.9 Å². The lowest BCUT2D eigenvalue weighted by molar-refractivity contribution is 0.0996. The third-order valence-corrected chi connectivity index (χ3v) is 4.00. The third-order valence-electron chi connectivity index (χ3n) is 3.54. The molecule has 1 aliphatic heterocycles. The van der Waals surface area contributed by atoms with Crippen molar-refractivity contribution in [3.05, 3.63) is 34.1 Å². The van der Waals surface area contributed by atoms with Crippen molar-refractivity contribution in [2.45, 2.75) is 44.8 Å². The lowest BCUT2D eigenvalue weighted by Gasteiger charge is -2.20. The highest BCUT2D eigenvalue weighted by Gasteiger charge is 2.19. The minimum absolute atomic E-state index is 0.190. The van der Waals surface area contributed by atoms with Crippen molar-refractivity contribution in [2.75, 3.05) is 13.2 Å². The van der Waals surface area contributed by atoms with Crippen LogP contribution in [0.25, 0.3) is 0 Å². The minimum Gasteiger partial charge on any atom is -0.378 e. The second-order valence-electron chi connectivity index (χ2n) is 5.03. The maximum Gasteiger partial charge on any atom is 0.124 e. The van der Waals surface area contributed by atoms with Crippen molar-refractivity contribution < 1.29 is 9.13 Å². The van der Waals surface area contributed by atoms with Crippen LogP contribution < -0.4 is 5.32 Å². The summed E-state index contributed by atoms with van der Waals surface area (Å²) in [6.07, 6.45) is 4.73. The average Bonchev–Trinajstić information content (AvgIpc) is 2.86. The van der Waals surface area contributed by atoms with Crippen molar-refractivity contribution >= 4 is 15.9 Å². The molecule has 0 aliphatic carbocycles. The quantitative estimate of drug-likeness (QED) is 0.844. The summed E-state index contributed by atoms with van der Waals surface area (Å²) >= 11 is 3.36. The first-order valence-electron chi connectivity index (χ1n) is 7.00. The van der Waals surface area contributed by atoms with E-state index in [1.165, 1.54) is 12.5 Å². The predicted molar refractivity (Wildman–Crippen MR) is 78.7 cm³/mol. The number of nitrogens with one attached hydrogen (secondary N) is 1. The number of ether oxygens (including phenoxy) is 1. The maximum absolute atomic E-state index is 13.5. The van der Waals surface area contributed by atoms with Gasteiger partial charge in [-0.15, -0.1) is 0 Å². The Morgan fingerprint density at radius 2 is 2.32 bits per heavy atom. The van der Waals surface area contributed by atoms with E-state index in [0.29, 0.717) is 6.10 Å².